The maximum absolute atomic E-state index is 2.55. The molecule has 0 unspecified atom stereocenters. The Balaban J connectivity index is 1.10. The zero-order chi connectivity index (χ0) is 40.0. The second-order valence-corrected chi connectivity index (χ2v) is 22.9. The molecule has 0 spiro atoms. The highest BCUT2D eigenvalue weighted by Gasteiger charge is 2.21. The summed E-state index contributed by atoms with van der Waals surface area (Å²) in [7, 11) is 0. The Morgan fingerprint density at radius 3 is 1.00 bits per heavy atom. The van der Waals surface area contributed by atoms with Crippen LogP contribution in [-0.2, 0) is 0 Å². The fourth-order valence-corrected chi connectivity index (χ4v) is 15.4. The third-order valence-electron chi connectivity index (χ3n) is 11.4. The van der Waals surface area contributed by atoms with Gasteiger partial charge in [0.15, 0.2) is 0 Å². The third-order valence-corrected chi connectivity index (χ3v) is 19.0. The predicted molar refractivity (Wildman–Crippen MR) is 273 cm³/mol. The lowest BCUT2D eigenvalue weighted by molar-refractivity contribution is 0.548. The van der Waals surface area contributed by atoms with E-state index in [1.807, 2.05) is 45.3 Å². The van der Waals surface area contributed by atoms with E-state index in [1.54, 1.807) is 0 Å². The average Bonchev–Trinajstić information content (AvgIpc) is 4.06. The van der Waals surface area contributed by atoms with Gasteiger partial charge in [-0.1, -0.05) is 192 Å². The molecule has 4 heterocycles. The second kappa shape index (κ2) is 26.7. The van der Waals surface area contributed by atoms with Crippen LogP contribution in [-0.4, -0.2) is 11.5 Å². The van der Waals surface area contributed by atoms with Gasteiger partial charge in [0.2, 0.25) is 0 Å². The highest BCUT2D eigenvalue weighted by molar-refractivity contribution is 8.00. The first kappa shape index (κ1) is 46.0. The van der Waals surface area contributed by atoms with Gasteiger partial charge >= 0.3 is 0 Å². The monoisotopic (exact) mass is 886 g/mol. The molecule has 0 saturated carbocycles. The number of unbranched alkanes of at least 4 members (excludes halogenated alkanes) is 22. The van der Waals surface area contributed by atoms with Crippen molar-refractivity contribution in [3.63, 3.8) is 0 Å². The van der Waals surface area contributed by atoms with E-state index in [1.165, 1.54) is 225 Å². The SMILES string of the molecule is CCCCCCCCCCCCCCSc1cc(-c2cc3ccccc3s2)sc1-c1sc(-c2cc3ccccc3s2)cc1SCCCCCCCCCCCCCC. The van der Waals surface area contributed by atoms with Crippen molar-refractivity contribution < 1.29 is 0 Å². The van der Waals surface area contributed by atoms with Crippen LogP contribution in [0.2, 0.25) is 0 Å². The van der Waals surface area contributed by atoms with E-state index in [2.05, 4.69) is 110 Å². The van der Waals surface area contributed by atoms with Crippen molar-refractivity contribution in [2.45, 2.75) is 178 Å². The van der Waals surface area contributed by atoms with E-state index in [9.17, 15) is 0 Å². The lowest BCUT2D eigenvalue weighted by Gasteiger charge is -2.06. The standard InChI is InChI=1S/C52H70S6/c1-3-5-7-9-11-13-15-17-19-21-23-29-35-53-49-39-47(45-37-41-31-25-27-33-43(41)55-45)57-51(49)52-50(40-48(58-52)46-38-42-32-26-28-34-44(42)56-46)54-36-30-24-22-20-18-16-14-12-10-8-6-4-2/h25-28,31-34,37-40H,3-24,29-30,35-36H2,1-2H3. The average molecular weight is 888 g/mol. The van der Waals surface area contributed by atoms with Gasteiger partial charge in [0.1, 0.15) is 0 Å². The molecule has 0 atom stereocenters. The molecule has 4 aromatic heterocycles. The molecule has 58 heavy (non-hydrogen) atoms. The fourth-order valence-electron chi connectivity index (χ4n) is 7.98. The normalized spacial score (nSPS) is 11.8. The van der Waals surface area contributed by atoms with E-state index in [-0.39, 0.29) is 0 Å². The Kier molecular flexibility index (Phi) is 21.2. The lowest BCUT2D eigenvalue weighted by atomic mass is 10.1. The molecule has 6 heteroatoms. The third kappa shape index (κ3) is 14.8. The smallest absolute Gasteiger partial charge is 0.0596 e. The quantitative estimate of drug-likeness (QED) is 0.0315. The molecule has 0 aliphatic rings. The summed E-state index contributed by atoms with van der Waals surface area (Å²) < 4.78 is 2.78. The largest absolute Gasteiger partial charge is 0.134 e. The van der Waals surface area contributed by atoms with Gasteiger partial charge in [-0.25, -0.2) is 0 Å². The second-order valence-electron chi connectivity index (χ2n) is 16.4. The van der Waals surface area contributed by atoms with Crippen molar-refractivity contribution in [3.05, 3.63) is 72.8 Å². The summed E-state index contributed by atoms with van der Waals surface area (Å²) in [6.07, 6.45) is 33.7. The van der Waals surface area contributed by atoms with Crippen LogP contribution in [0.15, 0.2) is 82.6 Å². The van der Waals surface area contributed by atoms with Crippen LogP contribution in [0.4, 0.5) is 0 Å². The van der Waals surface area contributed by atoms with Crippen molar-refractivity contribution in [2.24, 2.45) is 0 Å². The summed E-state index contributed by atoms with van der Waals surface area (Å²) in [5, 5.41) is 2.73. The molecule has 0 bridgehead atoms. The van der Waals surface area contributed by atoms with Gasteiger partial charge in [-0.3, -0.25) is 0 Å². The number of thioether (sulfide) groups is 2. The Bertz CT molecular complexity index is 1790. The molecule has 2 aromatic carbocycles. The van der Waals surface area contributed by atoms with Gasteiger partial charge in [-0.2, -0.15) is 0 Å². The minimum Gasteiger partial charge on any atom is -0.134 e. The number of benzene rings is 2. The van der Waals surface area contributed by atoms with Gasteiger partial charge in [0.05, 0.1) is 9.75 Å². The molecule has 0 fully saturated rings. The van der Waals surface area contributed by atoms with Crippen LogP contribution in [0.5, 0.6) is 0 Å². The highest BCUT2D eigenvalue weighted by atomic mass is 32.2. The summed E-state index contributed by atoms with van der Waals surface area (Å²) in [4.78, 5) is 11.7. The van der Waals surface area contributed by atoms with E-state index >= 15 is 0 Å². The van der Waals surface area contributed by atoms with Crippen molar-refractivity contribution in [3.8, 4) is 29.3 Å². The summed E-state index contributed by atoms with van der Waals surface area (Å²) in [6.45, 7) is 4.62. The molecule has 314 valence electrons. The molecule has 0 nitrogen and oxygen atoms in total. The van der Waals surface area contributed by atoms with Gasteiger partial charge in [-0.15, -0.1) is 68.9 Å². The van der Waals surface area contributed by atoms with Crippen molar-refractivity contribution >= 4 is 89.0 Å². The van der Waals surface area contributed by atoms with Gasteiger partial charge in [-0.05, 0) is 71.5 Å². The molecule has 6 aromatic rings. The summed E-state index contributed by atoms with van der Waals surface area (Å²) in [5.74, 6) is 2.42. The maximum atomic E-state index is 2.55. The zero-order valence-electron chi connectivity index (χ0n) is 35.8. The van der Waals surface area contributed by atoms with Gasteiger partial charge in [0.25, 0.3) is 0 Å². The zero-order valence-corrected chi connectivity index (χ0v) is 40.7. The van der Waals surface area contributed by atoms with E-state index in [0.717, 1.165) is 0 Å². The Morgan fingerprint density at radius 2 is 0.655 bits per heavy atom. The van der Waals surface area contributed by atoms with E-state index in [0.29, 0.717) is 0 Å². The number of thiophene rings is 4. The Morgan fingerprint density at radius 1 is 0.345 bits per heavy atom. The first-order valence-corrected chi connectivity index (χ1v) is 28.5. The van der Waals surface area contributed by atoms with Crippen molar-refractivity contribution in [1.29, 1.82) is 0 Å². The first-order valence-electron chi connectivity index (χ1n) is 23.2. The Labute approximate surface area is 377 Å². The van der Waals surface area contributed by atoms with E-state index < -0.39 is 0 Å². The minimum absolute atomic E-state index is 1.21. The predicted octanol–water partition coefficient (Wildman–Crippen LogP) is 20.8. The molecule has 6 rings (SSSR count). The number of fused-ring (bicyclic) bond motifs is 2. The van der Waals surface area contributed by atoms with Gasteiger partial charge in [0, 0.05) is 38.7 Å². The van der Waals surface area contributed by atoms with Crippen molar-refractivity contribution in [2.75, 3.05) is 11.5 Å². The number of hydrogen-bond acceptors (Lipinski definition) is 6. The molecular weight excluding hydrogens is 817 g/mol. The van der Waals surface area contributed by atoms with Crippen LogP contribution in [0.25, 0.3) is 49.4 Å². The first-order chi connectivity index (χ1) is 28.7. The fraction of sp³-hybridized carbons (Fsp3) is 0.538. The van der Waals surface area contributed by atoms with Crippen LogP contribution in [0.3, 0.4) is 0 Å². The van der Waals surface area contributed by atoms with Crippen LogP contribution in [0.1, 0.15) is 168 Å². The minimum atomic E-state index is 1.21. The maximum Gasteiger partial charge on any atom is 0.0596 e. The lowest BCUT2D eigenvalue weighted by Crippen LogP contribution is -1.85. The Hall–Kier alpha value is -1.54. The molecular formula is C52H70S6. The summed E-state index contributed by atoms with van der Waals surface area (Å²) in [5.41, 5.74) is 0. The van der Waals surface area contributed by atoms with Crippen LogP contribution in [0, 0.1) is 0 Å². The molecule has 0 saturated heterocycles. The number of hydrogen-bond donors (Lipinski definition) is 0. The highest BCUT2D eigenvalue weighted by Crippen LogP contribution is 2.53. The van der Waals surface area contributed by atoms with Crippen molar-refractivity contribution in [1.82, 2.24) is 0 Å². The molecule has 0 N–H and O–H groups in total. The molecule has 0 aliphatic heterocycles. The summed E-state index contributed by atoms with van der Waals surface area (Å²) in [6, 6.07) is 27.8. The molecule has 0 radical (unpaired) electrons. The topological polar surface area (TPSA) is 0 Å². The van der Waals surface area contributed by atoms with E-state index in [4.69, 9.17) is 0 Å². The molecule has 0 aliphatic carbocycles. The summed E-state index contributed by atoms with van der Waals surface area (Å²) >= 11 is 12.3. The van der Waals surface area contributed by atoms with Gasteiger partial charge < -0.3 is 0 Å². The van der Waals surface area contributed by atoms with Crippen LogP contribution < -0.4 is 0 Å². The number of rotatable bonds is 31. The molecule has 0 amide bonds. The van der Waals surface area contributed by atoms with Crippen LogP contribution >= 0.6 is 68.9 Å².